The summed E-state index contributed by atoms with van der Waals surface area (Å²) in [6.07, 6.45) is 1.29. The van der Waals surface area contributed by atoms with Gasteiger partial charge in [-0.2, -0.15) is 17.0 Å². The lowest BCUT2D eigenvalue weighted by atomic mass is 9.94. The minimum Gasteiger partial charge on any atom is -0.355 e. The van der Waals surface area contributed by atoms with Gasteiger partial charge in [0, 0.05) is 69.5 Å². The van der Waals surface area contributed by atoms with Crippen LogP contribution in [0.25, 0.3) is 0 Å². The molecule has 1 aliphatic rings. The average Bonchev–Trinajstić information content (AvgIpc) is 2.75. The van der Waals surface area contributed by atoms with Crippen molar-refractivity contribution in [3.8, 4) is 0 Å². The third kappa shape index (κ3) is 5.78. The molecule has 0 bridgehead atoms. The van der Waals surface area contributed by atoms with Gasteiger partial charge < -0.3 is 10.7 Å². The highest BCUT2D eigenvalue weighted by atomic mass is 32.2. The topological polar surface area (TPSA) is 79.7 Å². The predicted octanol–water partition coefficient (Wildman–Crippen LogP) is 4.00. The van der Waals surface area contributed by atoms with Crippen molar-refractivity contribution in [2.24, 2.45) is 5.92 Å². The van der Waals surface area contributed by atoms with Gasteiger partial charge >= 0.3 is 0 Å². The van der Waals surface area contributed by atoms with Crippen molar-refractivity contribution in [2.75, 3.05) is 45.6 Å². The number of nitrogens with zero attached hydrogens (tertiary/aromatic N) is 3. The summed E-state index contributed by atoms with van der Waals surface area (Å²) in [4.78, 5) is 2.34. The van der Waals surface area contributed by atoms with E-state index in [9.17, 15) is 12.8 Å². The third-order valence-electron chi connectivity index (χ3n) is 5.92. The van der Waals surface area contributed by atoms with Crippen molar-refractivity contribution in [3.05, 3.63) is 58.9 Å². The zero-order valence-electron chi connectivity index (χ0n) is 20.0. The molecule has 2 N–H and O–H groups in total. The first-order chi connectivity index (χ1) is 15.5. The highest BCUT2D eigenvalue weighted by Crippen LogP contribution is 2.33. The second-order valence-corrected chi connectivity index (χ2v) is 11.3. The molecular weight excluding hydrogens is 441 g/mol. The molecule has 1 atom stereocenters. The van der Waals surface area contributed by atoms with E-state index in [1.807, 2.05) is 19.1 Å². The van der Waals surface area contributed by atoms with Gasteiger partial charge in [-0.05, 0) is 60.4 Å². The van der Waals surface area contributed by atoms with Gasteiger partial charge in [0.15, 0.2) is 0 Å². The Morgan fingerprint density at radius 1 is 1.21 bits per heavy atom. The van der Waals surface area contributed by atoms with Crippen LogP contribution in [0.3, 0.4) is 0 Å². The molecule has 7 nitrogen and oxygen atoms in total. The van der Waals surface area contributed by atoms with Crippen molar-refractivity contribution in [2.45, 2.75) is 26.8 Å². The molecule has 0 radical (unpaired) electrons. The molecule has 180 valence electrons. The van der Waals surface area contributed by atoms with Gasteiger partial charge in [-0.1, -0.05) is 13.8 Å². The number of piperazine rings is 1. The van der Waals surface area contributed by atoms with Crippen LogP contribution in [0.1, 0.15) is 36.6 Å². The van der Waals surface area contributed by atoms with Gasteiger partial charge in [-0.25, -0.2) is 4.39 Å². The molecule has 0 aliphatic carbocycles. The Hall–Kier alpha value is -2.33. The van der Waals surface area contributed by atoms with Gasteiger partial charge in [0.1, 0.15) is 5.82 Å². The first-order valence-electron chi connectivity index (χ1n) is 11.1. The number of hydrogen-bond donors (Lipinski definition) is 2. The molecular formula is C24H34FN5O2S. The van der Waals surface area contributed by atoms with Crippen molar-refractivity contribution >= 4 is 27.8 Å². The fourth-order valence-electron chi connectivity index (χ4n) is 4.24. The number of aryl methyl sites for hydroxylation is 1. The Morgan fingerprint density at radius 2 is 1.88 bits per heavy atom. The van der Waals surface area contributed by atoms with Crippen molar-refractivity contribution in [1.29, 1.82) is 5.41 Å². The fourth-order valence-corrected chi connectivity index (χ4v) is 5.34. The number of benzene rings is 2. The van der Waals surface area contributed by atoms with E-state index in [0.29, 0.717) is 31.1 Å². The second kappa shape index (κ2) is 10.3. The second-order valence-electron chi connectivity index (χ2n) is 9.13. The highest BCUT2D eigenvalue weighted by molar-refractivity contribution is 7.86. The molecule has 0 spiro atoms. The molecule has 1 aliphatic heterocycles. The van der Waals surface area contributed by atoms with E-state index in [0.717, 1.165) is 29.0 Å². The number of hydrogen-bond acceptors (Lipinski definition) is 5. The van der Waals surface area contributed by atoms with Gasteiger partial charge in [0.25, 0.3) is 10.2 Å². The molecule has 0 saturated carbocycles. The van der Waals surface area contributed by atoms with Crippen LogP contribution in [0.2, 0.25) is 0 Å². The lowest BCUT2D eigenvalue weighted by Crippen LogP contribution is -2.53. The summed E-state index contributed by atoms with van der Waals surface area (Å²) in [5.41, 5.74) is 4.19. The minimum atomic E-state index is -3.52. The zero-order valence-corrected chi connectivity index (χ0v) is 20.8. The normalized spacial score (nSPS) is 18.1. The van der Waals surface area contributed by atoms with E-state index in [1.54, 1.807) is 30.5 Å². The zero-order chi connectivity index (χ0) is 24.3. The Morgan fingerprint density at radius 3 is 2.45 bits per heavy atom. The average molecular weight is 476 g/mol. The molecule has 2 aromatic rings. The molecule has 0 amide bonds. The van der Waals surface area contributed by atoms with Crippen LogP contribution in [-0.2, 0) is 10.2 Å². The van der Waals surface area contributed by atoms with Crippen LogP contribution in [-0.4, -0.2) is 68.4 Å². The van der Waals surface area contributed by atoms with Crippen molar-refractivity contribution in [3.63, 3.8) is 0 Å². The monoisotopic (exact) mass is 475 g/mol. The first kappa shape index (κ1) is 25.3. The molecule has 33 heavy (non-hydrogen) atoms. The van der Waals surface area contributed by atoms with Gasteiger partial charge in [-0.3, -0.25) is 4.90 Å². The molecule has 9 heteroatoms. The Kier molecular flexibility index (Phi) is 7.89. The van der Waals surface area contributed by atoms with Gasteiger partial charge in [0.2, 0.25) is 0 Å². The summed E-state index contributed by atoms with van der Waals surface area (Å²) in [5, 5.41) is 11.2. The molecule has 0 aromatic heterocycles. The maximum absolute atomic E-state index is 13.3. The molecule has 2 aromatic carbocycles. The van der Waals surface area contributed by atoms with Crippen LogP contribution < -0.4 is 5.32 Å². The van der Waals surface area contributed by atoms with Gasteiger partial charge in [-0.15, -0.1) is 0 Å². The summed E-state index contributed by atoms with van der Waals surface area (Å²) < 4.78 is 41.8. The SMILES string of the molecule is Cc1cc(Nc2ccc(F)cc2)c(C=N)cc1[C@@H]1CN(S(=O)(=O)N(C)C)CCN1CC(C)C. The summed E-state index contributed by atoms with van der Waals surface area (Å²) in [6.45, 7) is 8.63. The maximum atomic E-state index is 13.3. The largest absolute Gasteiger partial charge is 0.355 e. The van der Waals surface area contributed by atoms with E-state index in [4.69, 9.17) is 5.41 Å². The standard InChI is InChI=1S/C24H34FN5O2S/c1-17(2)15-29-10-11-30(33(31,32)28(4)5)16-24(29)22-13-19(14-26)23(12-18(22)3)27-21-8-6-20(25)7-9-21/h6-9,12-14,17,24,26-27H,10-11,15-16H2,1-5H3/t24-/m0/s1. The molecule has 1 fully saturated rings. The van der Waals surface area contributed by atoms with Crippen LogP contribution >= 0.6 is 0 Å². The van der Waals surface area contributed by atoms with E-state index < -0.39 is 10.2 Å². The lowest BCUT2D eigenvalue weighted by Gasteiger charge is -2.43. The number of nitrogens with one attached hydrogen (secondary N) is 2. The van der Waals surface area contributed by atoms with E-state index >= 15 is 0 Å². The minimum absolute atomic E-state index is 0.116. The lowest BCUT2D eigenvalue weighted by molar-refractivity contribution is 0.102. The highest BCUT2D eigenvalue weighted by Gasteiger charge is 2.36. The van der Waals surface area contributed by atoms with Crippen molar-refractivity contribution < 1.29 is 12.8 Å². The van der Waals surface area contributed by atoms with Crippen LogP contribution in [0.4, 0.5) is 15.8 Å². The summed E-state index contributed by atoms with van der Waals surface area (Å²) in [5.74, 6) is 0.130. The molecule has 1 saturated heterocycles. The van der Waals surface area contributed by atoms with Crippen LogP contribution in [0, 0.1) is 24.1 Å². The Bertz CT molecular complexity index is 1090. The molecule has 1 heterocycles. The smallest absolute Gasteiger partial charge is 0.281 e. The van der Waals surface area contributed by atoms with E-state index in [1.165, 1.54) is 22.7 Å². The summed E-state index contributed by atoms with van der Waals surface area (Å²) >= 11 is 0. The van der Waals surface area contributed by atoms with E-state index in [-0.39, 0.29) is 11.9 Å². The number of rotatable bonds is 8. The molecule has 0 unspecified atom stereocenters. The summed E-state index contributed by atoms with van der Waals surface area (Å²) in [7, 11) is -0.412. The number of halogens is 1. The Labute approximate surface area is 196 Å². The quantitative estimate of drug-likeness (QED) is 0.566. The van der Waals surface area contributed by atoms with Gasteiger partial charge in [0.05, 0.1) is 0 Å². The molecule has 3 rings (SSSR count). The summed E-state index contributed by atoms with van der Waals surface area (Å²) in [6, 6.07) is 9.92. The Balaban J connectivity index is 1.98. The maximum Gasteiger partial charge on any atom is 0.281 e. The van der Waals surface area contributed by atoms with Crippen molar-refractivity contribution in [1.82, 2.24) is 13.5 Å². The predicted molar refractivity (Wildman–Crippen MR) is 132 cm³/mol. The van der Waals surface area contributed by atoms with Crippen LogP contribution in [0.5, 0.6) is 0 Å². The van der Waals surface area contributed by atoms with E-state index in [2.05, 4.69) is 24.1 Å². The first-order valence-corrected chi connectivity index (χ1v) is 12.5. The fraction of sp³-hybridized carbons (Fsp3) is 0.458. The third-order valence-corrected chi connectivity index (χ3v) is 7.82. The van der Waals surface area contributed by atoms with Crippen LogP contribution in [0.15, 0.2) is 36.4 Å². The number of anilines is 2.